The van der Waals surface area contributed by atoms with Gasteiger partial charge in [0.15, 0.2) is 6.61 Å². The van der Waals surface area contributed by atoms with Gasteiger partial charge in [-0.3, -0.25) is 14.4 Å². The first kappa shape index (κ1) is 18.3. The van der Waals surface area contributed by atoms with Gasteiger partial charge in [0.05, 0.1) is 28.1 Å². The zero-order valence-corrected chi connectivity index (χ0v) is 15.1. The smallest absolute Gasteiger partial charge is 0.307 e. The molecule has 0 aliphatic carbocycles. The molecular formula is C18H15ClN2O4S. The number of benzene rings is 2. The van der Waals surface area contributed by atoms with Crippen LogP contribution in [0.3, 0.4) is 0 Å². The van der Waals surface area contributed by atoms with E-state index in [-0.39, 0.29) is 12.3 Å². The summed E-state index contributed by atoms with van der Waals surface area (Å²) in [6, 6.07) is 14.1. The van der Waals surface area contributed by atoms with Crippen LogP contribution in [0.15, 0.2) is 53.4 Å². The highest BCUT2D eigenvalue weighted by Gasteiger charge is 2.29. The highest BCUT2D eigenvalue weighted by Crippen LogP contribution is 2.36. The predicted octanol–water partition coefficient (Wildman–Crippen LogP) is 3.32. The van der Waals surface area contributed by atoms with Crippen LogP contribution in [-0.2, 0) is 19.1 Å². The first-order valence-corrected chi connectivity index (χ1v) is 9.05. The van der Waals surface area contributed by atoms with Crippen molar-refractivity contribution in [3.05, 3.63) is 53.6 Å². The number of amides is 2. The van der Waals surface area contributed by atoms with Crippen LogP contribution < -0.4 is 10.6 Å². The normalized spacial score (nSPS) is 15.6. The summed E-state index contributed by atoms with van der Waals surface area (Å²) in [7, 11) is 0. The minimum atomic E-state index is -0.619. The lowest BCUT2D eigenvalue weighted by molar-refractivity contribution is -0.147. The van der Waals surface area contributed by atoms with E-state index in [9.17, 15) is 14.4 Å². The summed E-state index contributed by atoms with van der Waals surface area (Å²) in [5.74, 6) is -1.38. The molecule has 2 N–H and O–H groups in total. The number of fused-ring (bicyclic) bond motifs is 1. The van der Waals surface area contributed by atoms with Gasteiger partial charge in [-0.1, -0.05) is 35.9 Å². The molecular weight excluding hydrogens is 376 g/mol. The molecule has 1 atom stereocenters. The monoisotopic (exact) mass is 390 g/mol. The first-order valence-electron chi connectivity index (χ1n) is 7.79. The molecule has 2 aromatic rings. The van der Waals surface area contributed by atoms with Crippen LogP contribution in [0.25, 0.3) is 0 Å². The molecule has 2 amide bonds. The Bertz CT molecular complexity index is 859. The van der Waals surface area contributed by atoms with Crippen LogP contribution in [0.5, 0.6) is 0 Å². The number of nitrogens with one attached hydrogen (secondary N) is 2. The zero-order valence-electron chi connectivity index (χ0n) is 13.5. The van der Waals surface area contributed by atoms with Crippen LogP contribution in [0, 0.1) is 0 Å². The van der Waals surface area contributed by atoms with E-state index < -0.39 is 23.7 Å². The standard InChI is InChI=1S/C18H15ClN2O4S/c19-11-5-1-2-6-12(11)20-16(22)10-25-17(23)9-15-18(24)21-13-7-3-4-8-14(13)26-15/h1-8,15H,9-10H2,(H,20,22)(H,21,24)/t15-/m0/s1. The van der Waals surface area contributed by atoms with Gasteiger partial charge in [0.2, 0.25) is 5.91 Å². The zero-order chi connectivity index (χ0) is 18.5. The van der Waals surface area contributed by atoms with E-state index in [0.717, 1.165) is 10.6 Å². The van der Waals surface area contributed by atoms with Gasteiger partial charge in [-0.2, -0.15) is 0 Å². The number of ether oxygens (including phenoxy) is 1. The number of hydrogen-bond acceptors (Lipinski definition) is 5. The number of carbonyl (C=O) groups excluding carboxylic acids is 3. The molecule has 26 heavy (non-hydrogen) atoms. The summed E-state index contributed by atoms with van der Waals surface area (Å²) in [5.41, 5.74) is 1.17. The van der Waals surface area contributed by atoms with Crippen LogP contribution in [0.1, 0.15) is 6.42 Å². The fourth-order valence-electron chi connectivity index (χ4n) is 2.33. The summed E-state index contributed by atoms with van der Waals surface area (Å²) in [6.07, 6.45) is -0.121. The van der Waals surface area contributed by atoms with Crippen molar-refractivity contribution in [2.45, 2.75) is 16.6 Å². The van der Waals surface area contributed by atoms with Gasteiger partial charge < -0.3 is 15.4 Å². The molecule has 0 bridgehead atoms. The number of rotatable bonds is 5. The number of anilines is 2. The van der Waals surface area contributed by atoms with Crippen LogP contribution in [0.4, 0.5) is 11.4 Å². The summed E-state index contributed by atoms with van der Waals surface area (Å²) < 4.78 is 4.97. The molecule has 134 valence electrons. The maximum Gasteiger partial charge on any atom is 0.307 e. The average Bonchev–Trinajstić information content (AvgIpc) is 2.62. The molecule has 0 unspecified atom stereocenters. The molecule has 0 fully saturated rings. The van der Waals surface area contributed by atoms with Gasteiger partial charge >= 0.3 is 5.97 Å². The Hall–Kier alpha value is -2.51. The first-order chi connectivity index (χ1) is 12.5. The Morgan fingerprint density at radius 3 is 2.69 bits per heavy atom. The Morgan fingerprint density at radius 1 is 1.15 bits per heavy atom. The van der Waals surface area contributed by atoms with Crippen LogP contribution >= 0.6 is 23.4 Å². The van der Waals surface area contributed by atoms with E-state index in [1.165, 1.54) is 11.8 Å². The molecule has 0 aromatic heterocycles. The number of carbonyl (C=O) groups is 3. The quantitative estimate of drug-likeness (QED) is 0.765. The van der Waals surface area contributed by atoms with Gasteiger partial charge in [-0.05, 0) is 24.3 Å². The number of thioether (sulfide) groups is 1. The predicted molar refractivity (Wildman–Crippen MR) is 100 cm³/mol. The Labute approximate surface area is 159 Å². The minimum Gasteiger partial charge on any atom is -0.456 e. The lowest BCUT2D eigenvalue weighted by atomic mass is 10.2. The maximum atomic E-state index is 12.1. The Balaban J connectivity index is 1.49. The molecule has 3 rings (SSSR count). The fraction of sp³-hybridized carbons (Fsp3) is 0.167. The van der Waals surface area contributed by atoms with Crippen LogP contribution in [0.2, 0.25) is 5.02 Å². The number of esters is 1. The molecule has 1 heterocycles. The molecule has 0 saturated carbocycles. The topological polar surface area (TPSA) is 84.5 Å². The molecule has 2 aromatic carbocycles. The largest absolute Gasteiger partial charge is 0.456 e. The molecule has 0 spiro atoms. The third-order valence-electron chi connectivity index (χ3n) is 3.57. The lowest BCUT2D eigenvalue weighted by Gasteiger charge is -2.23. The van der Waals surface area contributed by atoms with Crippen molar-refractivity contribution in [1.29, 1.82) is 0 Å². The van der Waals surface area contributed by atoms with Crippen LogP contribution in [-0.4, -0.2) is 29.6 Å². The maximum absolute atomic E-state index is 12.1. The Kier molecular flexibility index (Phi) is 5.80. The van der Waals surface area contributed by atoms with E-state index >= 15 is 0 Å². The van der Waals surface area contributed by atoms with Crippen molar-refractivity contribution in [3.8, 4) is 0 Å². The minimum absolute atomic E-state index is 0.121. The molecule has 0 saturated heterocycles. The SMILES string of the molecule is O=C(COC(=O)C[C@@H]1Sc2ccccc2NC1=O)Nc1ccccc1Cl. The van der Waals surface area contributed by atoms with Crippen molar-refractivity contribution in [1.82, 2.24) is 0 Å². The summed E-state index contributed by atoms with van der Waals surface area (Å²) >= 11 is 7.25. The van der Waals surface area contributed by atoms with Crippen molar-refractivity contribution >= 4 is 52.5 Å². The van der Waals surface area contributed by atoms with Gasteiger partial charge in [-0.25, -0.2) is 0 Å². The van der Waals surface area contributed by atoms with E-state index in [1.807, 2.05) is 18.2 Å². The second kappa shape index (κ2) is 8.25. The molecule has 1 aliphatic heterocycles. The van der Waals surface area contributed by atoms with Gasteiger partial charge in [0, 0.05) is 4.90 Å². The van der Waals surface area contributed by atoms with E-state index in [0.29, 0.717) is 10.7 Å². The highest BCUT2D eigenvalue weighted by atomic mass is 35.5. The summed E-state index contributed by atoms with van der Waals surface area (Å²) in [6.45, 7) is -0.445. The number of hydrogen-bond donors (Lipinski definition) is 2. The molecule has 0 radical (unpaired) electrons. The Morgan fingerprint density at radius 2 is 1.88 bits per heavy atom. The lowest BCUT2D eigenvalue weighted by Crippen LogP contribution is -2.32. The van der Waals surface area contributed by atoms with Crippen molar-refractivity contribution < 1.29 is 19.1 Å². The third kappa shape index (κ3) is 4.56. The summed E-state index contributed by atoms with van der Waals surface area (Å²) in [5, 5.41) is 5.11. The third-order valence-corrected chi connectivity index (χ3v) is 5.18. The molecule has 1 aliphatic rings. The highest BCUT2D eigenvalue weighted by molar-refractivity contribution is 8.01. The van der Waals surface area contributed by atoms with Crippen molar-refractivity contribution in [2.75, 3.05) is 17.2 Å². The second-order valence-electron chi connectivity index (χ2n) is 5.48. The number of halogens is 1. The fourth-order valence-corrected chi connectivity index (χ4v) is 3.61. The van der Waals surface area contributed by atoms with Gasteiger partial charge in [0.1, 0.15) is 0 Å². The van der Waals surface area contributed by atoms with Crippen molar-refractivity contribution in [3.63, 3.8) is 0 Å². The molecule has 8 heteroatoms. The van der Waals surface area contributed by atoms with E-state index in [2.05, 4.69) is 10.6 Å². The van der Waals surface area contributed by atoms with E-state index in [1.54, 1.807) is 30.3 Å². The molecule has 6 nitrogen and oxygen atoms in total. The van der Waals surface area contributed by atoms with E-state index in [4.69, 9.17) is 16.3 Å². The van der Waals surface area contributed by atoms with Gasteiger partial charge in [-0.15, -0.1) is 11.8 Å². The van der Waals surface area contributed by atoms with Gasteiger partial charge in [0.25, 0.3) is 5.91 Å². The average molecular weight is 391 g/mol. The summed E-state index contributed by atoms with van der Waals surface area (Å²) in [4.78, 5) is 36.8. The number of para-hydroxylation sites is 2. The van der Waals surface area contributed by atoms with Crippen molar-refractivity contribution in [2.24, 2.45) is 0 Å². The second-order valence-corrected chi connectivity index (χ2v) is 7.14.